The molecule has 0 amide bonds. The minimum Gasteiger partial charge on any atom is -0.507 e. The number of hydrogen-bond acceptors (Lipinski definition) is 7. The van der Waals surface area contributed by atoms with Crippen molar-refractivity contribution in [2.75, 3.05) is 5.32 Å². The number of anilines is 1. The molecule has 0 bridgehead atoms. The first-order valence-electron chi connectivity index (χ1n) is 6.19. The van der Waals surface area contributed by atoms with Crippen LogP contribution in [-0.4, -0.2) is 33.9 Å². The third kappa shape index (κ3) is 3.17. The lowest BCUT2D eigenvalue weighted by Gasteiger charge is -2.29. The van der Waals surface area contributed by atoms with Crippen molar-refractivity contribution in [2.45, 2.75) is 19.6 Å². The molecule has 0 spiro atoms. The molecule has 2 rings (SSSR count). The van der Waals surface area contributed by atoms with Gasteiger partial charge in [-0.2, -0.15) is 0 Å². The maximum absolute atomic E-state index is 11.7. The molecule has 0 aromatic heterocycles. The quantitative estimate of drug-likeness (QED) is 0.330. The molecule has 1 aliphatic heterocycles. The summed E-state index contributed by atoms with van der Waals surface area (Å²) in [5, 5.41) is 20.9. The minimum absolute atomic E-state index is 0.258. The van der Waals surface area contributed by atoms with E-state index in [0.29, 0.717) is 0 Å². The van der Waals surface area contributed by atoms with Crippen LogP contribution in [0, 0.1) is 0 Å². The first kappa shape index (κ1) is 15.4. The lowest BCUT2D eigenvalue weighted by Crippen LogP contribution is -2.42. The molecular formula is C14H13NO7. The number of nitrogens with one attached hydrogen (secondary N) is 1. The van der Waals surface area contributed by atoms with Crippen LogP contribution in [0.1, 0.15) is 24.2 Å². The number of cyclic esters (lactones) is 2. The zero-order valence-corrected chi connectivity index (χ0v) is 11.7. The van der Waals surface area contributed by atoms with E-state index in [9.17, 15) is 19.5 Å². The molecular weight excluding hydrogens is 294 g/mol. The van der Waals surface area contributed by atoms with Gasteiger partial charge in [-0.05, 0) is 18.2 Å². The number of ether oxygens (including phenoxy) is 2. The lowest BCUT2D eigenvalue weighted by atomic mass is 10.1. The van der Waals surface area contributed by atoms with Gasteiger partial charge in [0, 0.05) is 25.7 Å². The maximum atomic E-state index is 11.7. The van der Waals surface area contributed by atoms with Crippen LogP contribution in [0.5, 0.6) is 5.75 Å². The van der Waals surface area contributed by atoms with Crippen LogP contribution in [-0.2, 0) is 19.1 Å². The number of benzene rings is 1. The average molecular weight is 307 g/mol. The van der Waals surface area contributed by atoms with Gasteiger partial charge >= 0.3 is 17.9 Å². The van der Waals surface area contributed by atoms with E-state index >= 15 is 0 Å². The smallest absolute Gasteiger partial charge is 0.350 e. The molecule has 0 aliphatic carbocycles. The summed E-state index contributed by atoms with van der Waals surface area (Å²) in [6, 6.07) is 3.70. The van der Waals surface area contributed by atoms with Crippen molar-refractivity contribution in [1.29, 1.82) is 0 Å². The molecule has 0 saturated carbocycles. The van der Waals surface area contributed by atoms with Gasteiger partial charge in [-0.15, -0.1) is 0 Å². The van der Waals surface area contributed by atoms with E-state index < -0.39 is 29.4 Å². The Kier molecular flexibility index (Phi) is 3.77. The monoisotopic (exact) mass is 307 g/mol. The second-order valence-corrected chi connectivity index (χ2v) is 4.92. The lowest BCUT2D eigenvalue weighted by molar-refractivity contribution is -0.222. The van der Waals surface area contributed by atoms with Gasteiger partial charge in [0.05, 0.1) is 0 Å². The molecule has 1 aromatic carbocycles. The topological polar surface area (TPSA) is 122 Å². The minimum atomic E-state index is -1.33. The summed E-state index contributed by atoms with van der Waals surface area (Å²) in [5.41, 5.74) is -0.421. The Bertz CT molecular complexity index is 668. The Labute approximate surface area is 125 Å². The highest BCUT2D eigenvalue weighted by Gasteiger charge is 2.38. The molecule has 8 heteroatoms. The molecule has 1 heterocycles. The first-order chi connectivity index (χ1) is 10.2. The summed E-state index contributed by atoms with van der Waals surface area (Å²) < 4.78 is 9.80. The van der Waals surface area contributed by atoms with Crippen LogP contribution >= 0.6 is 0 Å². The molecule has 1 saturated heterocycles. The molecule has 1 fully saturated rings. The van der Waals surface area contributed by atoms with Gasteiger partial charge in [0.2, 0.25) is 0 Å². The predicted octanol–water partition coefficient (Wildman–Crippen LogP) is 1.22. The Hall–Kier alpha value is -3.03. The molecule has 0 atom stereocenters. The summed E-state index contributed by atoms with van der Waals surface area (Å²) in [7, 11) is 0. The van der Waals surface area contributed by atoms with Crippen LogP contribution in [0.25, 0.3) is 0 Å². The van der Waals surface area contributed by atoms with Crippen molar-refractivity contribution < 1.29 is 34.1 Å². The van der Waals surface area contributed by atoms with E-state index in [1.54, 1.807) is 0 Å². The maximum Gasteiger partial charge on any atom is 0.350 e. The van der Waals surface area contributed by atoms with Crippen LogP contribution in [0.15, 0.2) is 30.0 Å². The Morgan fingerprint density at radius 3 is 2.36 bits per heavy atom. The number of hydrogen-bond donors (Lipinski definition) is 3. The third-order valence-electron chi connectivity index (χ3n) is 2.73. The van der Waals surface area contributed by atoms with Crippen molar-refractivity contribution >= 4 is 23.6 Å². The van der Waals surface area contributed by atoms with Gasteiger partial charge in [-0.25, -0.2) is 14.4 Å². The molecule has 0 unspecified atom stereocenters. The largest absolute Gasteiger partial charge is 0.507 e. The first-order valence-corrected chi connectivity index (χ1v) is 6.19. The molecule has 22 heavy (non-hydrogen) atoms. The summed E-state index contributed by atoms with van der Waals surface area (Å²) in [6.45, 7) is 2.85. The number of aromatic hydroxyl groups is 1. The van der Waals surface area contributed by atoms with E-state index in [0.717, 1.165) is 12.3 Å². The van der Waals surface area contributed by atoms with Crippen molar-refractivity contribution in [3.63, 3.8) is 0 Å². The van der Waals surface area contributed by atoms with Crippen molar-refractivity contribution in [3.8, 4) is 5.75 Å². The van der Waals surface area contributed by atoms with Crippen molar-refractivity contribution in [1.82, 2.24) is 0 Å². The van der Waals surface area contributed by atoms with E-state index in [1.165, 1.54) is 26.0 Å². The number of carbonyl (C=O) groups is 3. The second-order valence-electron chi connectivity index (χ2n) is 4.92. The number of rotatable bonds is 3. The Morgan fingerprint density at radius 2 is 1.82 bits per heavy atom. The van der Waals surface area contributed by atoms with Crippen LogP contribution in [0.2, 0.25) is 0 Å². The van der Waals surface area contributed by atoms with Gasteiger partial charge < -0.3 is 25.0 Å². The number of aromatic carboxylic acids is 1. The van der Waals surface area contributed by atoms with Crippen molar-refractivity contribution in [2.24, 2.45) is 0 Å². The zero-order valence-electron chi connectivity index (χ0n) is 11.7. The molecule has 1 aliphatic rings. The van der Waals surface area contributed by atoms with Gasteiger partial charge in [-0.1, -0.05) is 0 Å². The third-order valence-corrected chi connectivity index (χ3v) is 2.73. The Morgan fingerprint density at radius 1 is 1.23 bits per heavy atom. The fourth-order valence-corrected chi connectivity index (χ4v) is 1.73. The zero-order chi connectivity index (χ0) is 16.5. The highest BCUT2D eigenvalue weighted by Crippen LogP contribution is 2.24. The van der Waals surface area contributed by atoms with Crippen LogP contribution in [0.3, 0.4) is 0 Å². The fourth-order valence-electron chi connectivity index (χ4n) is 1.73. The number of carboxylic acids is 1. The summed E-state index contributed by atoms with van der Waals surface area (Å²) in [4.78, 5) is 34.3. The molecule has 1 aromatic rings. The number of phenols is 1. The molecule has 3 N–H and O–H groups in total. The van der Waals surface area contributed by atoms with Crippen LogP contribution in [0.4, 0.5) is 5.69 Å². The number of carboxylic acid groups (broad SMARTS) is 1. The second kappa shape index (κ2) is 5.40. The predicted molar refractivity (Wildman–Crippen MR) is 73.0 cm³/mol. The standard InChI is InChI=1S/C14H13NO7/c1-14(2)21-12(19)9(13(20)22-14)6-15-7-3-4-10(16)8(5-7)11(17)18/h3-6,15-16H,1-2H3,(H,17,18). The van der Waals surface area contributed by atoms with Crippen molar-refractivity contribution in [3.05, 3.63) is 35.5 Å². The molecule has 8 nitrogen and oxygen atoms in total. The average Bonchev–Trinajstić information content (AvgIpc) is 2.37. The molecule has 116 valence electrons. The normalized spacial score (nSPS) is 16.5. The van der Waals surface area contributed by atoms with Gasteiger partial charge in [-0.3, -0.25) is 0 Å². The van der Waals surface area contributed by atoms with E-state index in [1.807, 2.05) is 0 Å². The fraction of sp³-hybridized carbons (Fsp3) is 0.214. The number of carbonyl (C=O) groups excluding carboxylic acids is 2. The summed E-state index contributed by atoms with van der Waals surface area (Å²) in [5.74, 6) is -4.76. The molecule has 0 radical (unpaired) electrons. The van der Waals surface area contributed by atoms with Gasteiger partial charge in [0.1, 0.15) is 11.3 Å². The van der Waals surface area contributed by atoms with Gasteiger partial charge in [0.25, 0.3) is 5.79 Å². The Balaban J connectivity index is 2.22. The van der Waals surface area contributed by atoms with E-state index in [-0.39, 0.29) is 16.8 Å². The highest BCUT2D eigenvalue weighted by atomic mass is 16.7. The number of esters is 2. The van der Waals surface area contributed by atoms with Crippen LogP contribution < -0.4 is 5.32 Å². The summed E-state index contributed by atoms with van der Waals surface area (Å²) in [6.07, 6.45) is 1.05. The highest BCUT2D eigenvalue weighted by molar-refractivity contribution is 6.15. The van der Waals surface area contributed by atoms with E-state index in [2.05, 4.69) is 5.32 Å². The van der Waals surface area contributed by atoms with Gasteiger partial charge in [0.15, 0.2) is 5.57 Å². The SMILES string of the molecule is CC1(C)OC(=O)C(=CNc2ccc(O)c(C(=O)O)c2)C(=O)O1. The van der Waals surface area contributed by atoms with E-state index in [4.69, 9.17) is 14.6 Å². The summed E-state index contributed by atoms with van der Waals surface area (Å²) >= 11 is 0.